The summed E-state index contributed by atoms with van der Waals surface area (Å²) >= 11 is 0. The van der Waals surface area contributed by atoms with Gasteiger partial charge in [0.2, 0.25) is 5.95 Å². The van der Waals surface area contributed by atoms with Crippen molar-refractivity contribution in [1.29, 1.82) is 0 Å². The van der Waals surface area contributed by atoms with Crippen LogP contribution < -0.4 is 10.2 Å². The van der Waals surface area contributed by atoms with Crippen molar-refractivity contribution < 1.29 is 4.92 Å². The van der Waals surface area contributed by atoms with Gasteiger partial charge in [-0.05, 0) is 19.4 Å². The van der Waals surface area contributed by atoms with Crippen LogP contribution in [0.1, 0.15) is 12.8 Å². The highest BCUT2D eigenvalue weighted by Crippen LogP contribution is 2.16. The number of hydrogen-bond acceptors (Lipinski definition) is 6. The zero-order chi connectivity index (χ0) is 12.3. The zero-order valence-electron chi connectivity index (χ0n) is 9.67. The molecule has 1 fully saturated rings. The largest absolute Gasteiger partial charge is 0.340 e. The van der Waals surface area contributed by atoms with E-state index in [0.29, 0.717) is 12.0 Å². The van der Waals surface area contributed by atoms with E-state index < -0.39 is 4.92 Å². The first-order chi connectivity index (χ1) is 8.18. The lowest BCUT2D eigenvalue weighted by molar-refractivity contribution is -0.385. The normalized spacial score (nSPS) is 19.9. The number of nitrogens with zero attached hydrogens (tertiary/aromatic N) is 4. The van der Waals surface area contributed by atoms with E-state index in [9.17, 15) is 10.1 Å². The molecule has 1 aliphatic heterocycles. The average Bonchev–Trinajstić information content (AvgIpc) is 2.39. The highest BCUT2D eigenvalue weighted by atomic mass is 16.6. The van der Waals surface area contributed by atoms with Crippen LogP contribution in [0.5, 0.6) is 0 Å². The van der Waals surface area contributed by atoms with Crippen molar-refractivity contribution >= 4 is 11.6 Å². The van der Waals surface area contributed by atoms with E-state index in [-0.39, 0.29) is 5.69 Å². The second-order valence-corrected chi connectivity index (χ2v) is 4.11. The summed E-state index contributed by atoms with van der Waals surface area (Å²) in [4.78, 5) is 20.0. The SMILES string of the molecule is CN(c1ncc([N+](=O)[O-])cn1)C1CCCNC1. The van der Waals surface area contributed by atoms with E-state index in [1.165, 1.54) is 12.4 Å². The molecular formula is C10H15N5O2. The summed E-state index contributed by atoms with van der Waals surface area (Å²) in [6.45, 7) is 1.95. The van der Waals surface area contributed by atoms with Gasteiger partial charge in [0.1, 0.15) is 12.4 Å². The molecular weight excluding hydrogens is 222 g/mol. The molecule has 1 aromatic heterocycles. The lowest BCUT2D eigenvalue weighted by Gasteiger charge is -2.31. The molecule has 1 saturated heterocycles. The smallest absolute Gasteiger partial charge is 0.305 e. The average molecular weight is 237 g/mol. The minimum atomic E-state index is -0.494. The van der Waals surface area contributed by atoms with Crippen LogP contribution >= 0.6 is 0 Å². The van der Waals surface area contributed by atoms with Gasteiger partial charge in [-0.2, -0.15) is 0 Å². The Morgan fingerprint density at radius 3 is 2.76 bits per heavy atom. The predicted molar refractivity (Wildman–Crippen MR) is 63.0 cm³/mol. The molecule has 92 valence electrons. The Bertz CT molecular complexity index is 388. The van der Waals surface area contributed by atoms with Gasteiger partial charge in [0.15, 0.2) is 0 Å². The zero-order valence-corrected chi connectivity index (χ0v) is 9.67. The third kappa shape index (κ3) is 2.68. The topological polar surface area (TPSA) is 84.2 Å². The molecule has 1 atom stereocenters. The second kappa shape index (κ2) is 5.05. The molecule has 1 aromatic rings. The minimum Gasteiger partial charge on any atom is -0.340 e. The van der Waals surface area contributed by atoms with Crippen molar-refractivity contribution in [2.75, 3.05) is 25.0 Å². The van der Waals surface area contributed by atoms with E-state index >= 15 is 0 Å². The lowest BCUT2D eigenvalue weighted by Crippen LogP contribution is -2.44. The monoisotopic (exact) mass is 237 g/mol. The summed E-state index contributed by atoms with van der Waals surface area (Å²) in [7, 11) is 1.92. The molecule has 0 aliphatic carbocycles. The summed E-state index contributed by atoms with van der Waals surface area (Å²) in [5.41, 5.74) is -0.0797. The Balaban J connectivity index is 2.07. The number of likely N-dealkylation sites (N-methyl/N-ethyl adjacent to an activating group) is 1. The number of piperidine rings is 1. The van der Waals surface area contributed by atoms with Crippen LogP contribution in [0, 0.1) is 10.1 Å². The number of hydrogen-bond donors (Lipinski definition) is 1. The molecule has 0 aromatic carbocycles. The fraction of sp³-hybridized carbons (Fsp3) is 0.600. The van der Waals surface area contributed by atoms with Crippen LogP contribution in [0.15, 0.2) is 12.4 Å². The first-order valence-corrected chi connectivity index (χ1v) is 5.58. The quantitative estimate of drug-likeness (QED) is 0.611. The molecule has 2 rings (SSSR count). The number of nitrogens with one attached hydrogen (secondary N) is 1. The molecule has 2 heterocycles. The van der Waals surface area contributed by atoms with Gasteiger partial charge in [0.25, 0.3) is 0 Å². The van der Waals surface area contributed by atoms with E-state index in [1.54, 1.807) is 0 Å². The van der Waals surface area contributed by atoms with Crippen molar-refractivity contribution in [1.82, 2.24) is 15.3 Å². The third-order valence-corrected chi connectivity index (χ3v) is 2.97. The van der Waals surface area contributed by atoms with Crippen molar-refractivity contribution in [3.8, 4) is 0 Å². The predicted octanol–water partition coefficient (Wildman–Crippen LogP) is 0.573. The van der Waals surface area contributed by atoms with Crippen LogP contribution in [-0.4, -0.2) is 41.1 Å². The molecule has 17 heavy (non-hydrogen) atoms. The maximum Gasteiger partial charge on any atom is 0.305 e. The van der Waals surface area contributed by atoms with E-state index in [1.807, 2.05) is 11.9 Å². The van der Waals surface area contributed by atoms with Crippen molar-refractivity contribution in [3.63, 3.8) is 0 Å². The highest BCUT2D eigenvalue weighted by molar-refractivity contribution is 5.34. The number of rotatable bonds is 3. The van der Waals surface area contributed by atoms with Gasteiger partial charge in [-0.25, -0.2) is 9.97 Å². The van der Waals surface area contributed by atoms with Crippen LogP contribution in [0.3, 0.4) is 0 Å². The Kier molecular flexibility index (Phi) is 3.48. The number of anilines is 1. The maximum atomic E-state index is 10.5. The summed E-state index contributed by atoms with van der Waals surface area (Å²) in [5.74, 6) is 0.532. The molecule has 0 spiro atoms. The molecule has 0 bridgehead atoms. The molecule has 0 amide bonds. The van der Waals surface area contributed by atoms with Gasteiger partial charge < -0.3 is 10.2 Å². The summed E-state index contributed by atoms with van der Waals surface area (Å²) in [6, 6.07) is 0.352. The van der Waals surface area contributed by atoms with Crippen LogP contribution in [-0.2, 0) is 0 Å². The molecule has 7 nitrogen and oxygen atoms in total. The van der Waals surface area contributed by atoms with Crippen LogP contribution in [0.4, 0.5) is 11.6 Å². The Morgan fingerprint density at radius 1 is 1.53 bits per heavy atom. The van der Waals surface area contributed by atoms with Gasteiger partial charge in [-0.1, -0.05) is 0 Å². The van der Waals surface area contributed by atoms with Gasteiger partial charge >= 0.3 is 5.69 Å². The van der Waals surface area contributed by atoms with Crippen molar-refractivity contribution in [2.45, 2.75) is 18.9 Å². The summed E-state index contributed by atoms with van der Waals surface area (Å²) < 4.78 is 0. The first-order valence-electron chi connectivity index (χ1n) is 5.58. The lowest BCUT2D eigenvalue weighted by atomic mass is 10.1. The first kappa shape index (κ1) is 11.7. The molecule has 0 saturated carbocycles. The highest BCUT2D eigenvalue weighted by Gasteiger charge is 2.20. The number of aromatic nitrogens is 2. The van der Waals surface area contributed by atoms with Gasteiger partial charge in [0, 0.05) is 19.6 Å². The molecule has 7 heteroatoms. The van der Waals surface area contributed by atoms with Crippen LogP contribution in [0.25, 0.3) is 0 Å². The molecule has 1 N–H and O–H groups in total. The molecule has 1 aliphatic rings. The minimum absolute atomic E-state index is 0.0797. The van der Waals surface area contributed by atoms with Gasteiger partial charge in [-0.15, -0.1) is 0 Å². The van der Waals surface area contributed by atoms with Crippen LogP contribution in [0.2, 0.25) is 0 Å². The molecule has 1 unspecified atom stereocenters. The standard InChI is InChI=1S/C10H15N5O2/c1-14(8-3-2-4-11-5-8)10-12-6-9(7-13-10)15(16)17/h6-8,11H,2-5H2,1H3. The van der Waals surface area contributed by atoms with Gasteiger partial charge in [0.05, 0.1) is 4.92 Å². The number of nitro groups is 1. The molecule has 0 radical (unpaired) electrons. The third-order valence-electron chi connectivity index (χ3n) is 2.97. The van der Waals surface area contributed by atoms with E-state index in [4.69, 9.17) is 0 Å². The fourth-order valence-corrected chi connectivity index (χ4v) is 1.92. The summed E-state index contributed by atoms with van der Waals surface area (Å²) in [5, 5.41) is 13.8. The van der Waals surface area contributed by atoms with E-state index in [0.717, 1.165) is 25.9 Å². The Morgan fingerprint density at radius 2 is 2.24 bits per heavy atom. The van der Waals surface area contributed by atoms with Crippen molar-refractivity contribution in [3.05, 3.63) is 22.5 Å². The van der Waals surface area contributed by atoms with Gasteiger partial charge in [-0.3, -0.25) is 10.1 Å². The van der Waals surface area contributed by atoms with E-state index in [2.05, 4.69) is 15.3 Å². The Hall–Kier alpha value is -1.76. The maximum absolute atomic E-state index is 10.5. The van der Waals surface area contributed by atoms with Crippen molar-refractivity contribution in [2.24, 2.45) is 0 Å². The Labute approximate surface area is 99.0 Å². The second-order valence-electron chi connectivity index (χ2n) is 4.11. The fourth-order valence-electron chi connectivity index (χ4n) is 1.92. The summed E-state index contributed by atoms with van der Waals surface area (Å²) in [6.07, 6.45) is 4.70.